The normalized spacial score (nSPS) is 13.6. The van der Waals surface area contributed by atoms with Crippen LogP contribution in [0.5, 0.6) is 11.8 Å². The van der Waals surface area contributed by atoms with Crippen LogP contribution >= 0.6 is 11.6 Å². The quantitative estimate of drug-likeness (QED) is 0.365. The number of carbonyl (C=O) groups is 1. The number of carbonyl (C=O) groups excluding carboxylic acids is 1. The van der Waals surface area contributed by atoms with Crippen molar-refractivity contribution in [3.63, 3.8) is 0 Å². The van der Waals surface area contributed by atoms with Crippen LogP contribution in [0.4, 0.5) is 14.6 Å². The van der Waals surface area contributed by atoms with Gasteiger partial charge in [-0.25, -0.2) is 18.7 Å². The third-order valence-electron chi connectivity index (χ3n) is 6.10. The zero-order chi connectivity index (χ0) is 26.8. The van der Waals surface area contributed by atoms with Crippen molar-refractivity contribution in [2.75, 3.05) is 31.1 Å². The molecule has 1 saturated heterocycles. The van der Waals surface area contributed by atoms with Crippen molar-refractivity contribution in [1.29, 1.82) is 0 Å². The standard InChI is InChI=1S/C26H21ClF2N6O3/c1-2-20(37)34-9-11-35(12-10-34)25-15-13-16(27)21(22-17(28)5-3-6-18(22)36)23(29)24(15)32-26(33-25)38-14-19-30-7-4-8-31-19/h2-8,13,36H,1,9-12,14H2. The van der Waals surface area contributed by atoms with Crippen LogP contribution < -0.4 is 9.64 Å². The number of phenols is 1. The molecule has 0 spiro atoms. The van der Waals surface area contributed by atoms with Gasteiger partial charge in [0.2, 0.25) is 5.91 Å². The first-order valence-corrected chi connectivity index (χ1v) is 12.0. The highest BCUT2D eigenvalue weighted by atomic mass is 35.5. The smallest absolute Gasteiger partial charge is 0.319 e. The molecule has 3 heterocycles. The molecule has 0 saturated carbocycles. The van der Waals surface area contributed by atoms with Crippen molar-refractivity contribution in [2.24, 2.45) is 0 Å². The van der Waals surface area contributed by atoms with Crippen LogP contribution in [0, 0.1) is 11.6 Å². The summed E-state index contributed by atoms with van der Waals surface area (Å²) in [4.78, 5) is 32.5. The third kappa shape index (κ3) is 4.80. The highest BCUT2D eigenvalue weighted by Crippen LogP contribution is 2.42. The van der Waals surface area contributed by atoms with E-state index in [1.54, 1.807) is 23.4 Å². The Bertz CT molecular complexity index is 1510. The molecule has 5 rings (SSSR count). The molecule has 194 valence electrons. The maximum Gasteiger partial charge on any atom is 0.319 e. The Kier molecular flexibility index (Phi) is 7.01. The summed E-state index contributed by atoms with van der Waals surface area (Å²) in [6.07, 6.45) is 4.36. The number of phenolic OH excluding ortho intramolecular Hbond substituents is 1. The van der Waals surface area contributed by atoms with E-state index in [0.717, 1.165) is 6.07 Å². The molecular formula is C26H21ClF2N6O3. The second-order valence-electron chi connectivity index (χ2n) is 8.38. The average Bonchev–Trinajstić information content (AvgIpc) is 2.93. The van der Waals surface area contributed by atoms with Gasteiger partial charge in [0, 0.05) is 49.5 Å². The highest BCUT2D eigenvalue weighted by Gasteiger charge is 2.27. The van der Waals surface area contributed by atoms with E-state index in [9.17, 15) is 14.3 Å². The van der Waals surface area contributed by atoms with Gasteiger partial charge in [-0.05, 0) is 30.3 Å². The number of ether oxygens (including phenoxy) is 1. The van der Waals surface area contributed by atoms with E-state index in [1.807, 2.05) is 4.90 Å². The number of halogens is 3. The van der Waals surface area contributed by atoms with Gasteiger partial charge in [0.1, 0.15) is 22.9 Å². The maximum absolute atomic E-state index is 16.1. The summed E-state index contributed by atoms with van der Waals surface area (Å²) in [5, 5.41) is 10.4. The first-order chi connectivity index (χ1) is 18.4. The first-order valence-electron chi connectivity index (χ1n) is 11.6. The fourth-order valence-corrected chi connectivity index (χ4v) is 4.54. The van der Waals surface area contributed by atoms with Crippen LogP contribution in [-0.4, -0.2) is 62.0 Å². The van der Waals surface area contributed by atoms with E-state index in [-0.39, 0.29) is 45.6 Å². The van der Waals surface area contributed by atoms with Crippen LogP contribution in [0.3, 0.4) is 0 Å². The van der Waals surface area contributed by atoms with E-state index in [4.69, 9.17) is 16.3 Å². The van der Waals surface area contributed by atoms with E-state index in [1.165, 1.54) is 24.3 Å². The molecule has 1 aliphatic heterocycles. The van der Waals surface area contributed by atoms with Crippen LogP contribution in [0.1, 0.15) is 5.82 Å². The molecule has 1 fully saturated rings. The zero-order valence-corrected chi connectivity index (χ0v) is 20.7. The largest absolute Gasteiger partial charge is 0.507 e. The number of benzene rings is 2. The highest BCUT2D eigenvalue weighted by molar-refractivity contribution is 6.34. The van der Waals surface area contributed by atoms with Gasteiger partial charge in [0.15, 0.2) is 18.2 Å². The molecule has 4 aromatic rings. The summed E-state index contributed by atoms with van der Waals surface area (Å²) in [6.45, 7) is 5.01. The van der Waals surface area contributed by atoms with Crippen LogP contribution in [0.15, 0.2) is 55.4 Å². The molecule has 0 unspecified atom stereocenters. The Balaban J connectivity index is 1.62. The Hall–Kier alpha value is -4.38. The molecule has 9 nitrogen and oxygen atoms in total. The molecule has 0 atom stereocenters. The monoisotopic (exact) mass is 538 g/mol. The lowest BCUT2D eigenvalue weighted by Crippen LogP contribution is -2.48. The summed E-state index contributed by atoms with van der Waals surface area (Å²) in [7, 11) is 0. The number of hydrogen-bond donors (Lipinski definition) is 1. The van der Waals surface area contributed by atoms with Gasteiger partial charge in [-0.1, -0.05) is 24.2 Å². The number of aromatic hydroxyl groups is 1. The summed E-state index contributed by atoms with van der Waals surface area (Å²) in [5.41, 5.74) is -0.891. The summed E-state index contributed by atoms with van der Waals surface area (Å²) in [6, 6.07) is 6.57. The molecule has 2 aromatic carbocycles. The lowest BCUT2D eigenvalue weighted by atomic mass is 10.0. The Labute approximate surface area is 221 Å². The van der Waals surface area contributed by atoms with Gasteiger partial charge < -0.3 is 19.6 Å². The van der Waals surface area contributed by atoms with Crippen molar-refractivity contribution in [3.05, 3.63) is 77.9 Å². The number of aromatic nitrogens is 4. The van der Waals surface area contributed by atoms with E-state index in [2.05, 4.69) is 26.5 Å². The SMILES string of the molecule is C=CC(=O)N1CCN(c2nc(OCc3ncccn3)nc3c(F)c(-c4c(O)cccc4F)c(Cl)cc23)CC1. The van der Waals surface area contributed by atoms with Gasteiger partial charge in [0.25, 0.3) is 0 Å². The van der Waals surface area contributed by atoms with Gasteiger partial charge >= 0.3 is 6.01 Å². The van der Waals surface area contributed by atoms with E-state index in [0.29, 0.717) is 37.8 Å². The first kappa shape index (κ1) is 25.3. The topological polar surface area (TPSA) is 105 Å². The summed E-state index contributed by atoms with van der Waals surface area (Å²) < 4.78 is 36.5. The molecule has 1 aliphatic rings. The minimum Gasteiger partial charge on any atom is -0.507 e. The van der Waals surface area contributed by atoms with Crippen molar-refractivity contribution >= 4 is 34.2 Å². The minimum atomic E-state index is -0.946. The lowest BCUT2D eigenvalue weighted by molar-refractivity contribution is -0.126. The molecule has 1 N–H and O–H groups in total. The summed E-state index contributed by atoms with van der Waals surface area (Å²) in [5.74, 6) is -1.76. The second-order valence-corrected chi connectivity index (χ2v) is 8.78. The van der Waals surface area contributed by atoms with Crippen LogP contribution in [-0.2, 0) is 11.4 Å². The number of amides is 1. The zero-order valence-electron chi connectivity index (χ0n) is 19.9. The fraction of sp³-hybridized carbons (Fsp3) is 0.192. The number of anilines is 1. The lowest BCUT2D eigenvalue weighted by Gasteiger charge is -2.35. The van der Waals surface area contributed by atoms with Crippen molar-refractivity contribution in [2.45, 2.75) is 6.61 Å². The molecule has 1 amide bonds. The van der Waals surface area contributed by atoms with Gasteiger partial charge in [-0.3, -0.25) is 4.79 Å². The van der Waals surface area contributed by atoms with E-state index < -0.39 is 17.4 Å². The minimum absolute atomic E-state index is 0.0798. The predicted molar refractivity (Wildman–Crippen MR) is 137 cm³/mol. The molecule has 2 aromatic heterocycles. The van der Waals surface area contributed by atoms with Gasteiger partial charge in [-0.15, -0.1) is 0 Å². The third-order valence-corrected chi connectivity index (χ3v) is 6.40. The molecule has 0 bridgehead atoms. The van der Waals surface area contributed by atoms with Gasteiger partial charge in [-0.2, -0.15) is 9.97 Å². The molecule has 0 radical (unpaired) electrons. The van der Waals surface area contributed by atoms with Crippen molar-refractivity contribution in [3.8, 4) is 22.9 Å². The average molecular weight is 539 g/mol. The predicted octanol–water partition coefficient (Wildman–Crippen LogP) is 4.14. The molecular weight excluding hydrogens is 518 g/mol. The summed E-state index contributed by atoms with van der Waals surface area (Å²) >= 11 is 6.46. The second kappa shape index (κ2) is 10.5. The van der Waals surface area contributed by atoms with Gasteiger partial charge in [0.05, 0.1) is 10.6 Å². The van der Waals surface area contributed by atoms with Crippen LogP contribution in [0.25, 0.3) is 22.0 Å². The number of hydrogen-bond acceptors (Lipinski definition) is 8. The van der Waals surface area contributed by atoms with Crippen molar-refractivity contribution in [1.82, 2.24) is 24.8 Å². The Morgan fingerprint density at radius 1 is 1.11 bits per heavy atom. The van der Waals surface area contributed by atoms with Crippen LogP contribution in [0.2, 0.25) is 5.02 Å². The number of piperazine rings is 1. The number of fused-ring (bicyclic) bond motifs is 1. The van der Waals surface area contributed by atoms with Crippen molar-refractivity contribution < 1.29 is 23.4 Å². The number of rotatable bonds is 6. The Morgan fingerprint density at radius 2 is 1.84 bits per heavy atom. The van der Waals surface area contributed by atoms with E-state index >= 15 is 4.39 Å². The molecule has 38 heavy (non-hydrogen) atoms. The Morgan fingerprint density at radius 3 is 2.53 bits per heavy atom. The molecule has 12 heteroatoms. The maximum atomic E-state index is 16.1. The number of nitrogens with zero attached hydrogens (tertiary/aromatic N) is 6. The fourth-order valence-electron chi connectivity index (χ4n) is 4.26. The molecule has 0 aliphatic carbocycles.